The van der Waals surface area contributed by atoms with Gasteiger partial charge in [0.2, 0.25) is 0 Å². The highest BCUT2D eigenvalue weighted by atomic mass is 16.5. The van der Waals surface area contributed by atoms with Gasteiger partial charge in [0.15, 0.2) is 0 Å². The molecule has 13 heavy (non-hydrogen) atoms. The minimum atomic E-state index is -0.126. The van der Waals surface area contributed by atoms with Crippen LogP contribution in [-0.4, -0.2) is 62.7 Å². The molecule has 0 unspecified atom stereocenters. The van der Waals surface area contributed by atoms with Crippen molar-refractivity contribution in [3.8, 4) is 0 Å². The maximum atomic E-state index is 9.24. The van der Waals surface area contributed by atoms with Crippen molar-refractivity contribution in [3.05, 3.63) is 0 Å². The lowest BCUT2D eigenvalue weighted by molar-refractivity contribution is 0.0584. The lowest BCUT2D eigenvalue weighted by Gasteiger charge is -2.14. The Morgan fingerprint density at radius 2 is 2.23 bits per heavy atom. The Balaban J connectivity index is 1.88. The Labute approximate surface area is 79.4 Å². The summed E-state index contributed by atoms with van der Waals surface area (Å²) in [5.74, 6) is 0. The van der Waals surface area contributed by atoms with Gasteiger partial charge in [-0.2, -0.15) is 0 Å². The average molecular weight is 189 g/mol. The van der Waals surface area contributed by atoms with E-state index >= 15 is 0 Å². The zero-order valence-electron chi connectivity index (χ0n) is 8.24. The lowest BCUT2D eigenvalue weighted by Crippen LogP contribution is -2.26. The first kappa shape index (κ1) is 10.9. The monoisotopic (exact) mass is 189 g/mol. The predicted molar refractivity (Wildman–Crippen MR) is 49.8 cm³/mol. The highest BCUT2D eigenvalue weighted by Gasteiger charge is 2.18. The van der Waals surface area contributed by atoms with Gasteiger partial charge in [0, 0.05) is 26.7 Å². The molecule has 0 bridgehead atoms. The first-order chi connectivity index (χ1) is 6.33. The predicted octanol–water partition coefficient (Wildman–Crippen LogP) is -0.284. The maximum absolute atomic E-state index is 9.24. The summed E-state index contributed by atoms with van der Waals surface area (Å²) in [5.41, 5.74) is 0. The van der Waals surface area contributed by atoms with E-state index in [0.717, 1.165) is 32.7 Å². The topological polar surface area (TPSA) is 41.9 Å². The number of β-amino-alcohol motifs (C(OH)–C–C–N with tert-alkyl or cyclic N) is 1. The van der Waals surface area contributed by atoms with Gasteiger partial charge in [-0.25, -0.2) is 0 Å². The summed E-state index contributed by atoms with van der Waals surface area (Å²) in [4.78, 5) is 2.22. The molecule has 4 nitrogen and oxygen atoms in total. The van der Waals surface area contributed by atoms with Gasteiger partial charge in [-0.1, -0.05) is 0 Å². The summed E-state index contributed by atoms with van der Waals surface area (Å²) in [6.45, 7) is 4.76. The molecule has 1 aliphatic rings. The number of methoxy groups -OCH3 is 1. The second-order valence-corrected chi connectivity index (χ2v) is 3.35. The fourth-order valence-corrected chi connectivity index (χ4v) is 1.45. The van der Waals surface area contributed by atoms with E-state index in [2.05, 4.69) is 4.90 Å². The van der Waals surface area contributed by atoms with Crippen LogP contribution in [0.2, 0.25) is 0 Å². The molecule has 0 aromatic carbocycles. The number of nitrogens with zero attached hydrogens (tertiary/aromatic N) is 1. The Morgan fingerprint density at radius 3 is 2.85 bits per heavy atom. The number of rotatable bonds is 6. The smallest absolute Gasteiger partial charge is 0.0700 e. The normalized spacial score (nSPS) is 24.0. The molecule has 0 spiro atoms. The summed E-state index contributed by atoms with van der Waals surface area (Å²) >= 11 is 0. The molecule has 1 heterocycles. The van der Waals surface area contributed by atoms with E-state index in [1.807, 2.05) is 0 Å². The van der Waals surface area contributed by atoms with Gasteiger partial charge in [-0.3, -0.25) is 4.90 Å². The van der Waals surface area contributed by atoms with Crippen molar-refractivity contribution in [1.82, 2.24) is 4.90 Å². The molecule has 4 heteroatoms. The van der Waals surface area contributed by atoms with E-state index in [9.17, 15) is 5.11 Å². The van der Waals surface area contributed by atoms with E-state index in [-0.39, 0.29) is 6.10 Å². The summed E-state index contributed by atoms with van der Waals surface area (Å²) in [5, 5.41) is 9.24. The van der Waals surface area contributed by atoms with Crippen molar-refractivity contribution >= 4 is 0 Å². The summed E-state index contributed by atoms with van der Waals surface area (Å²) in [6.07, 6.45) is 0.775. The molecule has 0 aromatic rings. The molecule has 1 aliphatic heterocycles. The molecular formula is C9H19NO3. The molecule has 1 N–H and O–H groups in total. The summed E-state index contributed by atoms with van der Waals surface area (Å²) in [7, 11) is 1.67. The van der Waals surface area contributed by atoms with Gasteiger partial charge in [-0.05, 0) is 6.42 Å². The molecule has 1 fully saturated rings. The standard InChI is InChI=1S/C9H19NO3/c1-12-6-7-13-5-4-10-3-2-9(11)8-10/h9,11H,2-8H2,1H3/t9-/m1/s1. The van der Waals surface area contributed by atoms with Crippen molar-refractivity contribution in [2.24, 2.45) is 0 Å². The number of hydrogen-bond acceptors (Lipinski definition) is 4. The third-order valence-corrected chi connectivity index (χ3v) is 2.23. The van der Waals surface area contributed by atoms with Gasteiger partial charge in [0.05, 0.1) is 25.9 Å². The van der Waals surface area contributed by atoms with Gasteiger partial charge in [-0.15, -0.1) is 0 Å². The van der Waals surface area contributed by atoms with Crippen LogP contribution in [0.25, 0.3) is 0 Å². The molecular weight excluding hydrogens is 170 g/mol. The molecule has 0 radical (unpaired) electrons. The van der Waals surface area contributed by atoms with Crippen molar-refractivity contribution in [1.29, 1.82) is 0 Å². The van der Waals surface area contributed by atoms with Crippen LogP contribution in [0.3, 0.4) is 0 Å². The number of ether oxygens (including phenoxy) is 2. The van der Waals surface area contributed by atoms with E-state index < -0.39 is 0 Å². The van der Waals surface area contributed by atoms with Crippen molar-refractivity contribution in [3.63, 3.8) is 0 Å². The highest BCUT2D eigenvalue weighted by molar-refractivity contribution is 4.73. The molecule has 0 amide bonds. The number of aliphatic hydroxyl groups excluding tert-OH is 1. The SMILES string of the molecule is COCCOCCN1CC[C@@H](O)C1. The zero-order chi connectivity index (χ0) is 9.52. The van der Waals surface area contributed by atoms with Crippen molar-refractivity contribution in [2.75, 3.05) is 46.6 Å². The Morgan fingerprint density at radius 1 is 1.38 bits per heavy atom. The number of aliphatic hydroxyl groups is 1. The van der Waals surface area contributed by atoms with Gasteiger partial charge < -0.3 is 14.6 Å². The molecule has 1 saturated heterocycles. The maximum Gasteiger partial charge on any atom is 0.0700 e. The Hall–Kier alpha value is -0.160. The second-order valence-electron chi connectivity index (χ2n) is 3.35. The van der Waals surface area contributed by atoms with Gasteiger partial charge >= 0.3 is 0 Å². The van der Waals surface area contributed by atoms with E-state index in [1.165, 1.54) is 0 Å². The highest BCUT2D eigenvalue weighted by Crippen LogP contribution is 2.07. The zero-order valence-corrected chi connectivity index (χ0v) is 8.24. The van der Waals surface area contributed by atoms with Crippen LogP contribution in [0.5, 0.6) is 0 Å². The van der Waals surface area contributed by atoms with Crippen LogP contribution < -0.4 is 0 Å². The van der Waals surface area contributed by atoms with Gasteiger partial charge in [0.25, 0.3) is 0 Å². The molecule has 0 aromatic heterocycles. The quantitative estimate of drug-likeness (QED) is 0.583. The molecule has 1 atom stereocenters. The molecule has 0 aliphatic carbocycles. The van der Waals surface area contributed by atoms with Crippen LogP contribution in [0.1, 0.15) is 6.42 Å². The van der Waals surface area contributed by atoms with Crippen LogP contribution in [0.4, 0.5) is 0 Å². The van der Waals surface area contributed by atoms with Crippen LogP contribution in [0, 0.1) is 0 Å². The fraction of sp³-hybridized carbons (Fsp3) is 1.00. The summed E-state index contributed by atoms with van der Waals surface area (Å²) in [6, 6.07) is 0. The minimum absolute atomic E-state index is 0.126. The van der Waals surface area contributed by atoms with Crippen LogP contribution in [-0.2, 0) is 9.47 Å². The van der Waals surface area contributed by atoms with Gasteiger partial charge in [0.1, 0.15) is 0 Å². The van der Waals surface area contributed by atoms with E-state index in [4.69, 9.17) is 9.47 Å². The largest absolute Gasteiger partial charge is 0.392 e. The van der Waals surface area contributed by atoms with Crippen LogP contribution in [0.15, 0.2) is 0 Å². The lowest BCUT2D eigenvalue weighted by atomic mass is 10.3. The number of likely N-dealkylation sites (tertiary alicyclic amines) is 1. The second kappa shape index (κ2) is 6.32. The Kier molecular flexibility index (Phi) is 5.31. The van der Waals surface area contributed by atoms with Crippen LogP contribution >= 0.6 is 0 Å². The third kappa shape index (κ3) is 4.57. The Bertz CT molecular complexity index is 132. The first-order valence-electron chi connectivity index (χ1n) is 4.80. The average Bonchev–Trinajstić information content (AvgIpc) is 2.51. The molecule has 0 saturated carbocycles. The van der Waals surface area contributed by atoms with Crippen molar-refractivity contribution in [2.45, 2.75) is 12.5 Å². The third-order valence-electron chi connectivity index (χ3n) is 2.23. The van der Waals surface area contributed by atoms with Crippen molar-refractivity contribution < 1.29 is 14.6 Å². The molecule has 1 rings (SSSR count). The van der Waals surface area contributed by atoms with E-state index in [0.29, 0.717) is 13.2 Å². The number of hydrogen-bond donors (Lipinski definition) is 1. The van der Waals surface area contributed by atoms with E-state index in [1.54, 1.807) is 7.11 Å². The molecule has 78 valence electrons. The summed E-state index contributed by atoms with van der Waals surface area (Å²) < 4.78 is 10.2. The minimum Gasteiger partial charge on any atom is -0.392 e. The first-order valence-corrected chi connectivity index (χ1v) is 4.80. The fourth-order valence-electron chi connectivity index (χ4n) is 1.45.